The van der Waals surface area contributed by atoms with E-state index in [1.165, 1.54) is 24.4 Å². The fourth-order valence-corrected chi connectivity index (χ4v) is 1.29. The molecule has 2 aromatic rings. The van der Waals surface area contributed by atoms with Gasteiger partial charge >= 0.3 is 5.97 Å². The monoisotopic (exact) mass is 264 g/mol. The fourth-order valence-electron chi connectivity index (χ4n) is 1.29. The molecule has 0 saturated heterocycles. The molecule has 0 radical (unpaired) electrons. The molecule has 2 aromatic heterocycles. The van der Waals surface area contributed by atoms with Crippen LogP contribution in [0, 0.1) is 0 Å². The van der Waals surface area contributed by atoms with Gasteiger partial charge in [-0.25, -0.2) is 9.78 Å². The van der Waals surface area contributed by atoms with Crippen LogP contribution in [-0.2, 0) is 9.53 Å². The molecule has 0 fully saturated rings. The van der Waals surface area contributed by atoms with Crippen LogP contribution in [0.2, 0.25) is 0 Å². The maximum Gasteiger partial charge on any atom is 0.328 e. The molecule has 1 unspecified atom stereocenters. The van der Waals surface area contributed by atoms with Crippen molar-refractivity contribution < 1.29 is 9.53 Å². The van der Waals surface area contributed by atoms with Gasteiger partial charge in [0.05, 0.1) is 7.11 Å². The van der Waals surface area contributed by atoms with Crippen molar-refractivity contribution in [3.8, 4) is 5.95 Å². The molecule has 3 N–H and O–H groups in total. The van der Waals surface area contributed by atoms with Gasteiger partial charge in [-0.3, -0.25) is 0 Å². The number of nitrogens with two attached hydrogens (primary N) is 1. The Morgan fingerprint density at radius 1 is 1.47 bits per heavy atom. The number of hydrogen-bond donors (Lipinski definition) is 2. The Morgan fingerprint density at radius 2 is 2.26 bits per heavy atom. The number of carbonyl (C=O) groups excluding carboxylic acids is 1. The zero-order chi connectivity index (χ0) is 13.8. The summed E-state index contributed by atoms with van der Waals surface area (Å²) in [4.78, 5) is 26.9. The van der Waals surface area contributed by atoms with Crippen molar-refractivity contribution >= 4 is 17.9 Å². The number of nitrogens with one attached hydrogen (secondary N) is 1. The van der Waals surface area contributed by atoms with Crippen molar-refractivity contribution in [3.63, 3.8) is 0 Å². The molecule has 0 spiro atoms. The topological polar surface area (TPSA) is 134 Å². The predicted molar refractivity (Wildman–Crippen MR) is 64.3 cm³/mol. The first kappa shape index (κ1) is 12.7. The minimum atomic E-state index is -0.615. The highest BCUT2D eigenvalue weighted by molar-refractivity contribution is 5.77. The van der Waals surface area contributed by atoms with Gasteiger partial charge in [0.25, 0.3) is 5.95 Å². The molecule has 1 atom stereocenters. The van der Waals surface area contributed by atoms with Gasteiger partial charge in [0.15, 0.2) is 0 Å². The molecule has 0 bridgehead atoms. The third kappa shape index (κ3) is 2.91. The summed E-state index contributed by atoms with van der Waals surface area (Å²) >= 11 is 0. The normalized spacial score (nSPS) is 11.9. The zero-order valence-electron chi connectivity index (χ0n) is 10.3. The Kier molecular flexibility index (Phi) is 3.50. The van der Waals surface area contributed by atoms with E-state index in [4.69, 9.17) is 5.73 Å². The van der Waals surface area contributed by atoms with Crippen LogP contribution in [-0.4, -0.2) is 48.8 Å². The van der Waals surface area contributed by atoms with Crippen LogP contribution in [0.25, 0.3) is 5.95 Å². The number of aromatic nitrogens is 6. The Bertz CT molecular complexity index is 570. The molecule has 0 aromatic carbocycles. The molecule has 0 amide bonds. The number of nitrogen functional groups attached to an aromatic ring is 1. The van der Waals surface area contributed by atoms with E-state index in [-0.39, 0.29) is 17.8 Å². The smallest absolute Gasteiger partial charge is 0.328 e. The van der Waals surface area contributed by atoms with Crippen molar-refractivity contribution in [3.05, 3.63) is 12.7 Å². The molecular formula is C9H12N8O2. The first-order chi connectivity index (χ1) is 9.10. The van der Waals surface area contributed by atoms with Crippen LogP contribution >= 0.6 is 0 Å². The van der Waals surface area contributed by atoms with Crippen LogP contribution in [0.1, 0.15) is 6.92 Å². The molecule has 0 aliphatic carbocycles. The molecule has 10 heteroatoms. The summed E-state index contributed by atoms with van der Waals surface area (Å²) in [6.07, 6.45) is 2.76. The van der Waals surface area contributed by atoms with Crippen LogP contribution in [0.15, 0.2) is 12.7 Å². The van der Waals surface area contributed by atoms with Gasteiger partial charge in [-0.05, 0) is 6.92 Å². The van der Waals surface area contributed by atoms with Crippen molar-refractivity contribution in [1.82, 2.24) is 29.7 Å². The van der Waals surface area contributed by atoms with Gasteiger partial charge in [-0.15, -0.1) is 0 Å². The lowest BCUT2D eigenvalue weighted by molar-refractivity contribution is -0.141. The summed E-state index contributed by atoms with van der Waals surface area (Å²) < 4.78 is 5.91. The van der Waals surface area contributed by atoms with E-state index in [9.17, 15) is 4.79 Å². The second-order valence-electron chi connectivity index (χ2n) is 3.55. The highest BCUT2D eigenvalue weighted by atomic mass is 16.5. The summed E-state index contributed by atoms with van der Waals surface area (Å²) in [6.45, 7) is 1.61. The lowest BCUT2D eigenvalue weighted by atomic mass is 10.3. The Hall–Kier alpha value is -2.78. The Balaban J connectivity index is 2.25. The highest BCUT2D eigenvalue weighted by Crippen LogP contribution is 2.07. The summed E-state index contributed by atoms with van der Waals surface area (Å²) in [7, 11) is 1.29. The average molecular weight is 264 g/mol. The fraction of sp³-hybridized carbons (Fsp3) is 0.333. The van der Waals surface area contributed by atoms with Crippen molar-refractivity contribution in [1.29, 1.82) is 0 Å². The number of nitrogens with zero attached hydrogens (tertiary/aromatic N) is 6. The first-order valence-electron chi connectivity index (χ1n) is 5.31. The maximum atomic E-state index is 11.3. The van der Waals surface area contributed by atoms with Crippen molar-refractivity contribution in [2.24, 2.45) is 0 Å². The minimum absolute atomic E-state index is 0.0000609. The lowest BCUT2D eigenvalue weighted by Gasteiger charge is -2.11. The third-order valence-electron chi connectivity index (χ3n) is 2.16. The largest absolute Gasteiger partial charge is 0.467 e. The molecule has 2 heterocycles. The van der Waals surface area contributed by atoms with E-state index in [1.807, 2.05) is 0 Å². The Morgan fingerprint density at radius 3 is 2.89 bits per heavy atom. The van der Waals surface area contributed by atoms with E-state index < -0.39 is 12.0 Å². The second kappa shape index (κ2) is 5.25. The number of esters is 1. The molecular weight excluding hydrogens is 252 g/mol. The SMILES string of the molecule is COC(=O)C(C)Nc1nc(N)nc(-n2cncn2)n1. The van der Waals surface area contributed by atoms with Crippen LogP contribution in [0.4, 0.5) is 11.9 Å². The number of anilines is 2. The molecule has 10 nitrogen and oxygen atoms in total. The van der Waals surface area contributed by atoms with E-state index in [0.717, 1.165) is 0 Å². The summed E-state index contributed by atoms with van der Waals surface area (Å²) in [5.41, 5.74) is 5.57. The summed E-state index contributed by atoms with van der Waals surface area (Å²) in [5.74, 6) is -0.0955. The molecule has 2 rings (SSSR count). The first-order valence-corrected chi connectivity index (χ1v) is 5.31. The van der Waals surface area contributed by atoms with Crippen LogP contribution in [0.5, 0.6) is 0 Å². The van der Waals surface area contributed by atoms with Crippen LogP contribution < -0.4 is 11.1 Å². The van der Waals surface area contributed by atoms with Gasteiger partial charge in [0, 0.05) is 0 Å². The molecule has 0 aliphatic heterocycles. The number of rotatable bonds is 4. The molecule has 0 aliphatic rings. The van der Waals surface area contributed by atoms with Gasteiger partial charge in [-0.2, -0.15) is 24.7 Å². The van der Waals surface area contributed by atoms with E-state index in [2.05, 4.69) is 35.1 Å². The maximum absolute atomic E-state index is 11.3. The highest BCUT2D eigenvalue weighted by Gasteiger charge is 2.15. The quantitative estimate of drug-likeness (QED) is 0.667. The predicted octanol–water partition coefficient (Wildman–Crippen LogP) is -0.992. The number of hydrogen-bond acceptors (Lipinski definition) is 9. The van der Waals surface area contributed by atoms with Crippen molar-refractivity contribution in [2.75, 3.05) is 18.2 Å². The van der Waals surface area contributed by atoms with Gasteiger partial charge < -0.3 is 15.8 Å². The van der Waals surface area contributed by atoms with Crippen LogP contribution in [0.3, 0.4) is 0 Å². The zero-order valence-corrected chi connectivity index (χ0v) is 10.3. The standard InChI is InChI=1S/C9H12N8O2/c1-5(6(18)19-2)13-8-14-7(10)15-9(16-8)17-4-11-3-12-17/h3-5H,1-2H3,(H3,10,13,14,15,16). The number of carbonyl (C=O) groups is 1. The molecule has 19 heavy (non-hydrogen) atoms. The summed E-state index contributed by atoms with van der Waals surface area (Å²) in [6, 6.07) is -0.615. The second-order valence-corrected chi connectivity index (χ2v) is 3.55. The molecule has 100 valence electrons. The van der Waals surface area contributed by atoms with E-state index in [1.54, 1.807) is 6.92 Å². The van der Waals surface area contributed by atoms with Crippen molar-refractivity contribution in [2.45, 2.75) is 13.0 Å². The van der Waals surface area contributed by atoms with E-state index in [0.29, 0.717) is 0 Å². The summed E-state index contributed by atoms with van der Waals surface area (Å²) in [5, 5.41) is 6.63. The average Bonchev–Trinajstić information content (AvgIpc) is 2.90. The number of methoxy groups -OCH3 is 1. The minimum Gasteiger partial charge on any atom is -0.467 e. The number of ether oxygens (including phenoxy) is 1. The Labute approximate surface area is 108 Å². The van der Waals surface area contributed by atoms with Gasteiger partial charge in [-0.1, -0.05) is 0 Å². The van der Waals surface area contributed by atoms with Gasteiger partial charge in [0.1, 0.15) is 18.7 Å². The lowest BCUT2D eigenvalue weighted by Crippen LogP contribution is -2.28. The van der Waals surface area contributed by atoms with E-state index >= 15 is 0 Å². The third-order valence-corrected chi connectivity index (χ3v) is 2.16. The molecule has 0 saturated carbocycles. The van der Waals surface area contributed by atoms with Gasteiger partial charge in [0.2, 0.25) is 11.9 Å².